The normalized spacial score (nSPS) is 35.4. The maximum Gasteiger partial charge on any atom is 0.0128 e. The Labute approximate surface area is 88.9 Å². The monoisotopic (exact) mass is 195 g/mol. The largest absolute Gasteiger partial charge is 0.300 e. The molecule has 2 heterocycles. The van der Waals surface area contributed by atoms with Crippen LogP contribution in [0.5, 0.6) is 0 Å². The first-order valence-electron chi connectivity index (χ1n) is 6.33. The number of rotatable bonds is 0. The third-order valence-electron chi connectivity index (χ3n) is 4.20. The van der Waals surface area contributed by atoms with Gasteiger partial charge in [0.1, 0.15) is 0 Å². The van der Waals surface area contributed by atoms with Gasteiger partial charge in [-0.1, -0.05) is 27.2 Å². The van der Waals surface area contributed by atoms with Crippen molar-refractivity contribution in [1.29, 1.82) is 0 Å². The molecule has 0 aromatic carbocycles. The van der Waals surface area contributed by atoms with Crippen molar-refractivity contribution in [2.75, 3.05) is 13.1 Å². The highest BCUT2D eigenvalue weighted by Crippen LogP contribution is 2.40. The van der Waals surface area contributed by atoms with Gasteiger partial charge in [0.2, 0.25) is 0 Å². The molecule has 2 saturated heterocycles. The third kappa shape index (κ3) is 1.98. The van der Waals surface area contributed by atoms with Crippen molar-refractivity contribution in [3.05, 3.63) is 0 Å². The van der Waals surface area contributed by atoms with Crippen molar-refractivity contribution < 1.29 is 0 Å². The van der Waals surface area contributed by atoms with E-state index in [1.807, 2.05) is 0 Å². The predicted octanol–water partition coefficient (Wildman–Crippen LogP) is 3.30. The van der Waals surface area contributed by atoms with Crippen LogP contribution in [0, 0.1) is 11.3 Å². The molecule has 1 nitrogen and oxygen atoms in total. The number of piperidine rings is 2. The van der Waals surface area contributed by atoms with Crippen molar-refractivity contribution in [1.82, 2.24) is 4.90 Å². The van der Waals surface area contributed by atoms with Gasteiger partial charge in [-0.2, -0.15) is 0 Å². The minimum atomic E-state index is 0.515. The fourth-order valence-corrected chi connectivity index (χ4v) is 3.47. The minimum absolute atomic E-state index is 0.515. The Kier molecular flexibility index (Phi) is 2.88. The molecule has 2 aliphatic heterocycles. The van der Waals surface area contributed by atoms with E-state index in [2.05, 4.69) is 25.7 Å². The molecule has 0 aromatic rings. The van der Waals surface area contributed by atoms with Crippen molar-refractivity contribution >= 4 is 0 Å². The van der Waals surface area contributed by atoms with Crippen LogP contribution in [-0.2, 0) is 0 Å². The van der Waals surface area contributed by atoms with Crippen molar-refractivity contribution in [3.8, 4) is 0 Å². The highest BCUT2D eigenvalue weighted by molar-refractivity contribution is 4.92. The molecule has 2 fully saturated rings. The van der Waals surface area contributed by atoms with Crippen LogP contribution in [0.4, 0.5) is 0 Å². The van der Waals surface area contributed by atoms with Gasteiger partial charge < -0.3 is 4.90 Å². The summed E-state index contributed by atoms with van der Waals surface area (Å²) in [4.78, 5) is 2.77. The van der Waals surface area contributed by atoms with Crippen LogP contribution in [0.25, 0.3) is 0 Å². The third-order valence-corrected chi connectivity index (χ3v) is 4.20. The number of fused-ring (bicyclic) bond motifs is 1. The van der Waals surface area contributed by atoms with E-state index in [0.29, 0.717) is 5.41 Å². The lowest BCUT2D eigenvalue weighted by Crippen LogP contribution is -2.51. The maximum absolute atomic E-state index is 2.77. The van der Waals surface area contributed by atoms with Crippen LogP contribution in [0.3, 0.4) is 0 Å². The van der Waals surface area contributed by atoms with Crippen LogP contribution in [-0.4, -0.2) is 24.0 Å². The Morgan fingerprint density at radius 1 is 0.929 bits per heavy atom. The number of nitrogens with zero attached hydrogens (tertiary/aromatic N) is 1. The number of hydrogen-bond donors (Lipinski definition) is 0. The molecule has 0 aliphatic carbocycles. The van der Waals surface area contributed by atoms with Crippen LogP contribution in [0.1, 0.15) is 52.9 Å². The number of hydrogen-bond acceptors (Lipinski definition) is 1. The first-order valence-corrected chi connectivity index (χ1v) is 6.33. The van der Waals surface area contributed by atoms with E-state index in [1.165, 1.54) is 45.2 Å². The molecule has 0 amide bonds. The predicted molar refractivity (Wildman–Crippen MR) is 61.4 cm³/mol. The Bertz CT molecular complexity index is 190. The second-order valence-electron chi connectivity index (χ2n) is 6.21. The molecular formula is C13H25N. The van der Waals surface area contributed by atoms with E-state index in [0.717, 1.165) is 12.0 Å². The summed E-state index contributed by atoms with van der Waals surface area (Å²) in [5.41, 5.74) is 0.515. The highest BCUT2D eigenvalue weighted by Gasteiger charge is 2.38. The molecule has 0 N–H and O–H groups in total. The van der Waals surface area contributed by atoms with Gasteiger partial charge in [0, 0.05) is 6.04 Å². The minimum Gasteiger partial charge on any atom is -0.300 e. The van der Waals surface area contributed by atoms with Gasteiger partial charge in [0.25, 0.3) is 0 Å². The van der Waals surface area contributed by atoms with Crippen molar-refractivity contribution in [2.24, 2.45) is 11.3 Å². The Balaban J connectivity index is 2.09. The molecule has 2 aliphatic rings. The molecule has 0 radical (unpaired) electrons. The van der Waals surface area contributed by atoms with E-state index < -0.39 is 0 Å². The zero-order valence-corrected chi connectivity index (χ0v) is 10.1. The Morgan fingerprint density at radius 3 is 2.36 bits per heavy atom. The summed E-state index contributed by atoms with van der Waals surface area (Å²) < 4.78 is 0. The van der Waals surface area contributed by atoms with Crippen LogP contribution < -0.4 is 0 Å². The smallest absolute Gasteiger partial charge is 0.0128 e. The molecule has 0 bridgehead atoms. The van der Waals surface area contributed by atoms with Crippen molar-refractivity contribution in [3.63, 3.8) is 0 Å². The van der Waals surface area contributed by atoms with Gasteiger partial charge in [-0.15, -0.1) is 0 Å². The summed E-state index contributed by atoms with van der Waals surface area (Å²) in [6, 6.07) is 0.914. The van der Waals surface area contributed by atoms with E-state index in [1.54, 1.807) is 0 Å². The van der Waals surface area contributed by atoms with E-state index in [-0.39, 0.29) is 0 Å². The van der Waals surface area contributed by atoms with Crippen LogP contribution in [0.2, 0.25) is 0 Å². The fourth-order valence-electron chi connectivity index (χ4n) is 3.47. The molecule has 0 aromatic heterocycles. The standard InChI is InChI=1S/C13H25N/c1-13(2,3)11-7-6-10-14-9-5-4-8-12(11)14/h11-12H,4-10H2,1-3H3/t11-,12?/m1/s1. The zero-order valence-electron chi connectivity index (χ0n) is 10.1. The molecule has 2 rings (SSSR count). The first kappa shape index (κ1) is 10.5. The Morgan fingerprint density at radius 2 is 1.64 bits per heavy atom. The van der Waals surface area contributed by atoms with Crippen LogP contribution in [0.15, 0.2) is 0 Å². The molecular weight excluding hydrogens is 170 g/mol. The lowest BCUT2D eigenvalue weighted by Gasteiger charge is -2.49. The summed E-state index contributed by atoms with van der Waals surface area (Å²) in [7, 11) is 0. The second kappa shape index (κ2) is 3.84. The Hall–Kier alpha value is -0.0400. The molecule has 2 atom stereocenters. The summed E-state index contributed by atoms with van der Waals surface area (Å²) >= 11 is 0. The van der Waals surface area contributed by atoms with E-state index >= 15 is 0 Å². The van der Waals surface area contributed by atoms with E-state index in [9.17, 15) is 0 Å². The van der Waals surface area contributed by atoms with Gasteiger partial charge in [-0.25, -0.2) is 0 Å². The maximum atomic E-state index is 2.77. The highest BCUT2D eigenvalue weighted by atomic mass is 15.2. The van der Waals surface area contributed by atoms with Gasteiger partial charge >= 0.3 is 0 Å². The lowest BCUT2D eigenvalue weighted by atomic mass is 9.69. The van der Waals surface area contributed by atoms with Gasteiger partial charge in [-0.3, -0.25) is 0 Å². The molecule has 0 saturated carbocycles. The molecule has 1 unspecified atom stereocenters. The summed E-state index contributed by atoms with van der Waals surface area (Å²) in [5, 5.41) is 0. The molecule has 0 spiro atoms. The van der Waals surface area contributed by atoms with E-state index in [4.69, 9.17) is 0 Å². The second-order valence-corrected chi connectivity index (χ2v) is 6.21. The molecule has 14 heavy (non-hydrogen) atoms. The average molecular weight is 195 g/mol. The quantitative estimate of drug-likeness (QED) is 0.573. The average Bonchev–Trinajstić information content (AvgIpc) is 2.15. The van der Waals surface area contributed by atoms with Gasteiger partial charge in [0.05, 0.1) is 0 Å². The fraction of sp³-hybridized carbons (Fsp3) is 1.00. The first-order chi connectivity index (χ1) is 6.59. The summed E-state index contributed by atoms with van der Waals surface area (Å²) in [6.45, 7) is 10.0. The topological polar surface area (TPSA) is 3.24 Å². The van der Waals surface area contributed by atoms with Crippen LogP contribution >= 0.6 is 0 Å². The zero-order chi connectivity index (χ0) is 10.2. The molecule has 82 valence electrons. The SMILES string of the molecule is CC(C)(C)[C@@H]1CCCN2CCCCC12. The summed E-state index contributed by atoms with van der Waals surface area (Å²) in [6.07, 6.45) is 7.26. The molecule has 1 heteroatoms. The van der Waals surface area contributed by atoms with Crippen molar-refractivity contribution in [2.45, 2.75) is 58.9 Å². The lowest BCUT2D eigenvalue weighted by molar-refractivity contribution is 0.00850. The summed E-state index contributed by atoms with van der Waals surface area (Å²) in [5.74, 6) is 0.941. The van der Waals surface area contributed by atoms with Gasteiger partial charge in [0.15, 0.2) is 0 Å². The van der Waals surface area contributed by atoms with Gasteiger partial charge in [-0.05, 0) is 50.1 Å².